The van der Waals surface area contributed by atoms with Gasteiger partial charge < -0.3 is 5.32 Å². The molecule has 0 aliphatic rings. The van der Waals surface area contributed by atoms with Crippen molar-refractivity contribution in [3.05, 3.63) is 0 Å². The molecular formula is C10H22N2O3S. The van der Waals surface area contributed by atoms with Gasteiger partial charge in [0.1, 0.15) is 0 Å². The van der Waals surface area contributed by atoms with Gasteiger partial charge in [-0.15, -0.1) is 0 Å². The van der Waals surface area contributed by atoms with Crippen LogP contribution in [0.25, 0.3) is 0 Å². The molecule has 0 aliphatic heterocycles. The van der Waals surface area contributed by atoms with Crippen molar-refractivity contribution in [3.8, 4) is 0 Å². The normalized spacial score (nSPS) is 12.9. The minimum Gasteiger partial charge on any atom is -0.355 e. The Balaban J connectivity index is 4.66. The van der Waals surface area contributed by atoms with Crippen LogP contribution in [0, 0.1) is 0 Å². The van der Waals surface area contributed by atoms with Crippen molar-refractivity contribution in [1.29, 1.82) is 0 Å². The van der Waals surface area contributed by atoms with Gasteiger partial charge in [0, 0.05) is 12.1 Å². The molecule has 1 amide bonds. The van der Waals surface area contributed by atoms with Gasteiger partial charge in [0.25, 0.3) is 0 Å². The summed E-state index contributed by atoms with van der Waals surface area (Å²) < 4.78 is 24.3. The lowest BCUT2D eigenvalue weighted by molar-refractivity contribution is -0.122. The molecule has 0 saturated heterocycles. The molecule has 0 unspecified atom stereocenters. The molecule has 1 N–H and O–H groups in total. The topological polar surface area (TPSA) is 66.5 Å². The number of carbonyl (C=O) groups excluding carboxylic acids is 1. The van der Waals surface area contributed by atoms with Crippen LogP contribution in [-0.2, 0) is 14.8 Å². The summed E-state index contributed by atoms with van der Waals surface area (Å²) in [7, 11) is -3.37. The quantitative estimate of drug-likeness (QED) is 0.776. The van der Waals surface area contributed by atoms with Crippen molar-refractivity contribution in [3.63, 3.8) is 0 Å². The molecule has 0 bridgehead atoms. The van der Waals surface area contributed by atoms with E-state index in [2.05, 4.69) is 5.32 Å². The number of amides is 1. The fraction of sp³-hybridized carbons (Fsp3) is 0.900. The summed E-state index contributed by atoms with van der Waals surface area (Å²) in [5.74, 6) is -0.262. The van der Waals surface area contributed by atoms with Gasteiger partial charge in [-0.2, -0.15) is 4.31 Å². The number of rotatable bonds is 5. The number of hydrogen-bond acceptors (Lipinski definition) is 3. The predicted octanol–water partition coefficient (Wildman–Crippen LogP) is 0.573. The Labute approximate surface area is 98.3 Å². The summed E-state index contributed by atoms with van der Waals surface area (Å²) >= 11 is 0. The van der Waals surface area contributed by atoms with E-state index in [-0.39, 0.29) is 12.5 Å². The largest absolute Gasteiger partial charge is 0.355 e. The zero-order valence-electron chi connectivity index (χ0n) is 10.7. The van der Waals surface area contributed by atoms with Crippen LogP contribution in [0.5, 0.6) is 0 Å². The number of carbonyl (C=O) groups is 1. The van der Waals surface area contributed by atoms with E-state index < -0.39 is 15.6 Å². The Hall–Kier alpha value is -0.620. The first-order chi connectivity index (χ1) is 7.09. The Morgan fingerprint density at radius 3 is 2.12 bits per heavy atom. The lowest BCUT2D eigenvalue weighted by Crippen LogP contribution is -2.49. The Morgan fingerprint density at radius 1 is 1.31 bits per heavy atom. The molecule has 0 aromatic carbocycles. The first-order valence-electron chi connectivity index (χ1n) is 5.33. The van der Waals surface area contributed by atoms with Gasteiger partial charge >= 0.3 is 0 Å². The summed E-state index contributed by atoms with van der Waals surface area (Å²) in [5.41, 5.74) is -0.586. The molecule has 0 heterocycles. The van der Waals surface area contributed by atoms with Crippen molar-refractivity contribution >= 4 is 15.9 Å². The van der Waals surface area contributed by atoms with Crippen molar-refractivity contribution < 1.29 is 13.2 Å². The van der Waals surface area contributed by atoms with Gasteiger partial charge in [0.2, 0.25) is 15.9 Å². The van der Waals surface area contributed by atoms with E-state index in [1.54, 1.807) is 20.8 Å². The van der Waals surface area contributed by atoms with Crippen LogP contribution in [0.4, 0.5) is 0 Å². The Kier molecular flexibility index (Phi) is 5.41. The van der Waals surface area contributed by atoms with E-state index in [4.69, 9.17) is 0 Å². The second-order valence-electron chi connectivity index (χ2n) is 4.79. The maximum absolute atomic E-state index is 11.5. The molecule has 5 nitrogen and oxygen atoms in total. The van der Waals surface area contributed by atoms with E-state index in [0.29, 0.717) is 6.54 Å². The third kappa shape index (κ3) is 5.46. The minimum atomic E-state index is -3.37. The standard InChI is InChI=1S/C10H22N2O3S/c1-6-7-11-9(13)8-12(10(2,3)4)16(5,14)15/h6-8H2,1-5H3,(H,11,13). The molecule has 0 spiro atoms. The second-order valence-corrected chi connectivity index (χ2v) is 6.70. The SMILES string of the molecule is CCCNC(=O)CN(C(C)(C)C)S(C)(=O)=O. The highest BCUT2D eigenvalue weighted by Gasteiger charge is 2.31. The highest BCUT2D eigenvalue weighted by atomic mass is 32.2. The predicted molar refractivity (Wildman–Crippen MR) is 64.6 cm³/mol. The fourth-order valence-corrected chi connectivity index (χ4v) is 2.65. The molecule has 0 aliphatic carbocycles. The number of nitrogens with zero attached hydrogens (tertiary/aromatic N) is 1. The second kappa shape index (κ2) is 5.63. The summed E-state index contributed by atoms with van der Waals surface area (Å²) in [5, 5.41) is 2.66. The first kappa shape index (κ1) is 15.4. The monoisotopic (exact) mass is 250 g/mol. The van der Waals surface area contributed by atoms with Crippen LogP contribution in [-0.4, -0.2) is 43.5 Å². The van der Waals surface area contributed by atoms with Crippen LogP contribution in [0.1, 0.15) is 34.1 Å². The highest BCUT2D eigenvalue weighted by Crippen LogP contribution is 2.16. The Bertz CT molecular complexity index is 330. The average molecular weight is 250 g/mol. The summed E-state index contributed by atoms with van der Waals surface area (Å²) in [4.78, 5) is 11.5. The van der Waals surface area contributed by atoms with Crippen LogP contribution >= 0.6 is 0 Å². The summed E-state index contributed by atoms with van der Waals surface area (Å²) in [6.45, 7) is 7.69. The van der Waals surface area contributed by atoms with Crippen molar-refractivity contribution in [2.24, 2.45) is 0 Å². The number of nitrogens with one attached hydrogen (secondary N) is 1. The number of hydrogen-bond donors (Lipinski definition) is 1. The van der Waals surface area contributed by atoms with Crippen LogP contribution < -0.4 is 5.32 Å². The van der Waals surface area contributed by atoms with Crippen molar-refractivity contribution in [2.75, 3.05) is 19.3 Å². The lowest BCUT2D eigenvalue weighted by Gasteiger charge is -2.32. The molecule has 0 fully saturated rings. The highest BCUT2D eigenvalue weighted by molar-refractivity contribution is 7.88. The zero-order chi connectivity index (χ0) is 13.0. The fourth-order valence-electron chi connectivity index (χ4n) is 1.30. The van der Waals surface area contributed by atoms with Crippen LogP contribution in [0.2, 0.25) is 0 Å². The average Bonchev–Trinajstić information content (AvgIpc) is 2.07. The third-order valence-corrected chi connectivity index (χ3v) is 3.49. The van der Waals surface area contributed by atoms with Gasteiger partial charge in [-0.1, -0.05) is 6.92 Å². The molecule has 0 saturated carbocycles. The van der Waals surface area contributed by atoms with Crippen LogP contribution in [0.15, 0.2) is 0 Å². The molecule has 16 heavy (non-hydrogen) atoms. The maximum atomic E-state index is 11.5. The summed E-state index contributed by atoms with van der Waals surface area (Å²) in [6.07, 6.45) is 1.95. The lowest BCUT2D eigenvalue weighted by atomic mass is 10.1. The van der Waals surface area contributed by atoms with Crippen LogP contribution in [0.3, 0.4) is 0 Å². The van der Waals surface area contributed by atoms with E-state index in [9.17, 15) is 13.2 Å². The molecule has 0 rings (SSSR count). The van der Waals surface area contributed by atoms with E-state index in [1.165, 1.54) is 4.31 Å². The molecular weight excluding hydrogens is 228 g/mol. The number of sulfonamides is 1. The molecule has 96 valence electrons. The van der Waals surface area contributed by atoms with E-state index >= 15 is 0 Å². The summed E-state index contributed by atoms with van der Waals surface area (Å²) in [6, 6.07) is 0. The minimum absolute atomic E-state index is 0.123. The van der Waals surface area contributed by atoms with Gasteiger partial charge in [-0.25, -0.2) is 8.42 Å². The third-order valence-electron chi connectivity index (χ3n) is 2.01. The van der Waals surface area contributed by atoms with E-state index in [0.717, 1.165) is 12.7 Å². The molecule has 0 radical (unpaired) electrons. The van der Waals surface area contributed by atoms with Gasteiger partial charge in [0.15, 0.2) is 0 Å². The molecule has 0 aromatic heterocycles. The molecule has 0 atom stereocenters. The van der Waals surface area contributed by atoms with Gasteiger partial charge in [-0.3, -0.25) is 4.79 Å². The van der Waals surface area contributed by atoms with Gasteiger partial charge in [0.05, 0.1) is 12.8 Å². The first-order valence-corrected chi connectivity index (χ1v) is 7.18. The van der Waals surface area contributed by atoms with Gasteiger partial charge in [-0.05, 0) is 27.2 Å². The smallest absolute Gasteiger partial charge is 0.235 e. The molecule has 6 heteroatoms. The van der Waals surface area contributed by atoms with Crippen molar-refractivity contribution in [1.82, 2.24) is 9.62 Å². The van der Waals surface area contributed by atoms with Crippen molar-refractivity contribution in [2.45, 2.75) is 39.7 Å². The Morgan fingerprint density at radius 2 is 1.81 bits per heavy atom. The molecule has 0 aromatic rings. The van der Waals surface area contributed by atoms with E-state index in [1.807, 2.05) is 6.92 Å². The maximum Gasteiger partial charge on any atom is 0.235 e. The zero-order valence-corrected chi connectivity index (χ0v) is 11.5.